The zero-order valence-corrected chi connectivity index (χ0v) is 14.9. The van der Waals surface area contributed by atoms with E-state index >= 15 is 0 Å². The van der Waals surface area contributed by atoms with E-state index in [1.165, 1.54) is 39.0 Å². The lowest BCUT2D eigenvalue weighted by atomic mass is 9.93. The van der Waals surface area contributed by atoms with Gasteiger partial charge in [0.2, 0.25) is 0 Å². The van der Waals surface area contributed by atoms with Crippen molar-refractivity contribution in [3.8, 4) is 0 Å². The highest BCUT2D eigenvalue weighted by Gasteiger charge is 2.22. The fraction of sp³-hybridized carbons (Fsp3) is 0.412. The van der Waals surface area contributed by atoms with Gasteiger partial charge in [-0.1, -0.05) is 26.0 Å². The Morgan fingerprint density at radius 2 is 2.15 bits per heavy atom. The molecule has 1 aromatic carbocycles. The zero-order chi connectivity index (χ0) is 14.1. The molecule has 1 N–H and O–H groups in total. The number of aryl methyl sites for hydroxylation is 1. The second-order valence-electron chi connectivity index (χ2n) is 5.80. The molecule has 3 rings (SSSR count). The topological polar surface area (TPSA) is 12.0 Å². The zero-order valence-electron chi connectivity index (χ0n) is 11.9. The van der Waals surface area contributed by atoms with E-state index in [2.05, 4.69) is 72.1 Å². The minimum absolute atomic E-state index is 0.487. The number of benzene rings is 1. The van der Waals surface area contributed by atoms with Crippen LogP contribution >= 0.6 is 33.9 Å². The van der Waals surface area contributed by atoms with Crippen molar-refractivity contribution in [3.05, 3.63) is 49.2 Å². The third-order valence-corrected chi connectivity index (χ3v) is 5.95. The third kappa shape index (κ3) is 3.03. The summed E-state index contributed by atoms with van der Waals surface area (Å²) in [6, 6.07) is 11.7. The number of anilines is 1. The van der Waals surface area contributed by atoms with Gasteiger partial charge in [0.15, 0.2) is 0 Å². The van der Waals surface area contributed by atoms with E-state index in [-0.39, 0.29) is 0 Å². The van der Waals surface area contributed by atoms with Crippen molar-refractivity contribution in [1.29, 1.82) is 0 Å². The molecule has 1 aromatic heterocycles. The molecule has 0 aliphatic heterocycles. The van der Waals surface area contributed by atoms with Crippen LogP contribution < -0.4 is 5.32 Å². The summed E-state index contributed by atoms with van der Waals surface area (Å²) in [6.45, 7) is 4.50. The molecule has 3 heteroatoms. The fourth-order valence-corrected chi connectivity index (χ4v) is 4.98. The molecular weight excluding hydrogens is 377 g/mol. The maximum atomic E-state index is 3.75. The van der Waals surface area contributed by atoms with Crippen molar-refractivity contribution >= 4 is 39.6 Å². The Hall–Kier alpha value is -0.550. The lowest BCUT2D eigenvalue weighted by molar-refractivity contribution is 0.608. The molecule has 1 aliphatic carbocycles. The van der Waals surface area contributed by atoms with Gasteiger partial charge in [-0.2, -0.15) is 0 Å². The van der Waals surface area contributed by atoms with E-state index in [1.54, 1.807) is 4.88 Å². The van der Waals surface area contributed by atoms with Crippen LogP contribution in [0.3, 0.4) is 0 Å². The first kappa shape index (κ1) is 14.4. The first-order chi connectivity index (χ1) is 9.63. The van der Waals surface area contributed by atoms with E-state index in [1.807, 2.05) is 11.3 Å². The van der Waals surface area contributed by atoms with Crippen molar-refractivity contribution in [3.63, 3.8) is 0 Å². The number of nitrogens with one attached hydrogen (secondary N) is 1. The van der Waals surface area contributed by atoms with Crippen molar-refractivity contribution < 1.29 is 0 Å². The molecule has 0 amide bonds. The standard InChI is InChI=1S/C17H20INS/c1-11(2)12-5-3-6-13(9-12)19-15-7-4-8-16-14(15)10-17(18)20-16/h3,5-6,9-11,15,19H,4,7-8H2,1-2H3. The lowest BCUT2D eigenvalue weighted by Gasteiger charge is -2.25. The van der Waals surface area contributed by atoms with Crippen LogP contribution in [0.15, 0.2) is 30.3 Å². The van der Waals surface area contributed by atoms with Crippen molar-refractivity contribution in [1.82, 2.24) is 0 Å². The average Bonchev–Trinajstić information content (AvgIpc) is 2.80. The van der Waals surface area contributed by atoms with Crippen LogP contribution in [0.25, 0.3) is 0 Å². The molecule has 0 saturated carbocycles. The van der Waals surface area contributed by atoms with Gasteiger partial charge in [-0.15, -0.1) is 11.3 Å². The second-order valence-corrected chi connectivity index (χ2v) is 8.83. The lowest BCUT2D eigenvalue weighted by Crippen LogP contribution is -2.15. The summed E-state index contributed by atoms with van der Waals surface area (Å²) in [5.41, 5.74) is 4.20. The van der Waals surface area contributed by atoms with Crippen LogP contribution in [0.2, 0.25) is 0 Å². The monoisotopic (exact) mass is 397 g/mol. The number of rotatable bonds is 3. The normalized spacial score (nSPS) is 18.1. The van der Waals surface area contributed by atoms with Gasteiger partial charge in [0.25, 0.3) is 0 Å². The fourth-order valence-electron chi connectivity index (χ4n) is 2.86. The van der Waals surface area contributed by atoms with E-state index in [0.717, 1.165) is 0 Å². The molecule has 0 radical (unpaired) electrons. The molecular formula is C17H20INS. The number of fused-ring (bicyclic) bond motifs is 1. The van der Waals surface area contributed by atoms with Gasteiger partial charge in [-0.25, -0.2) is 0 Å². The van der Waals surface area contributed by atoms with Gasteiger partial charge in [0.1, 0.15) is 0 Å². The Labute approximate surface area is 138 Å². The molecule has 106 valence electrons. The molecule has 1 atom stereocenters. The number of halogens is 1. The molecule has 1 nitrogen and oxygen atoms in total. The van der Waals surface area contributed by atoms with E-state index < -0.39 is 0 Å². The molecule has 0 fully saturated rings. The summed E-state index contributed by atoms with van der Waals surface area (Å²) in [6.07, 6.45) is 3.80. The van der Waals surface area contributed by atoms with Crippen molar-refractivity contribution in [2.75, 3.05) is 5.32 Å². The van der Waals surface area contributed by atoms with Gasteiger partial charge in [-0.3, -0.25) is 0 Å². The average molecular weight is 397 g/mol. The SMILES string of the molecule is CC(C)c1cccc(NC2CCCc3sc(I)cc32)c1. The summed E-state index contributed by atoms with van der Waals surface area (Å²) in [5.74, 6) is 0.584. The van der Waals surface area contributed by atoms with Gasteiger partial charge >= 0.3 is 0 Å². The number of hydrogen-bond donors (Lipinski definition) is 1. The smallest absolute Gasteiger partial charge is 0.0660 e. The molecule has 1 unspecified atom stereocenters. The first-order valence-electron chi connectivity index (χ1n) is 7.28. The molecule has 0 saturated heterocycles. The Morgan fingerprint density at radius 3 is 2.95 bits per heavy atom. The van der Waals surface area contributed by atoms with Gasteiger partial charge in [-0.05, 0) is 77.1 Å². The minimum atomic E-state index is 0.487. The van der Waals surface area contributed by atoms with Crippen LogP contribution in [0.4, 0.5) is 5.69 Å². The number of hydrogen-bond acceptors (Lipinski definition) is 2. The van der Waals surface area contributed by atoms with Crippen LogP contribution in [-0.4, -0.2) is 0 Å². The van der Waals surface area contributed by atoms with E-state index in [9.17, 15) is 0 Å². The van der Waals surface area contributed by atoms with Crippen LogP contribution in [0.5, 0.6) is 0 Å². The minimum Gasteiger partial charge on any atom is -0.378 e. The first-order valence-corrected chi connectivity index (χ1v) is 9.17. The van der Waals surface area contributed by atoms with E-state index in [4.69, 9.17) is 0 Å². The van der Waals surface area contributed by atoms with Gasteiger partial charge < -0.3 is 5.32 Å². The molecule has 1 aliphatic rings. The molecule has 20 heavy (non-hydrogen) atoms. The van der Waals surface area contributed by atoms with Gasteiger partial charge in [0.05, 0.1) is 8.93 Å². The highest BCUT2D eigenvalue weighted by Crippen LogP contribution is 2.38. The predicted molar refractivity (Wildman–Crippen MR) is 96.9 cm³/mol. The molecule has 1 heterocycles. The molecule has 0 spiro atoms. The Bertz CT molecular complexity index is 603. The Kier molecular flexibility index (Phi) is 4.36. The largest absolute Gasteiger partial charge is 0.378 e. The predicted octanol–water partition coefficient (Wildman–Crippen LogP) is 5.97. The summed E-state index contributed by atoms with van der Waals surface area (Å²) in [4.78, 5) is 1.58. The van der Waals surface area contributed by atoms with Gasteiger partial charge in [0, 0.05) is 10.6 Å². The van der Waals surface area contributed by atoms with E-state index in [0.29, 0.717) is 12.0 Å². The van der Waals surface area contributed by atoms with Crippen LogP contribution in [0.1, 0.15) is 54.7 Å². The van der Waals surface area contributed by atoms with Crippen LogP contribution in [0, 0.1) is 2.88 Å². The summed E-state index contributed by atoms with van der Waals surface area (Å²) >= 11 is 4.41. The van der Waals surface area contributed by atoms with Crippen LogP contribution in [-0.2, 0) is 6.42 Å². The summed E-state index contributed by atoms with van der Waals surface area (Å²) < 4.78 is 1.41. The highest BCUT2D eigenvalue weighted by atomic mass is 127. The highest BCUT2D eigenvalue weighted by molar-refractivity contribution is 14.1. The van der Waals surface area contributed by atoms with Crippen molar-refractivity contribution in [2.24, 2.45) is 0 Å². The Morgan fingerprint density at radius 1 is 1.30 bits per heavy atom. The molecule has 0 bridgehead atoms. The summed E-state index contributed by atoms with van der Waals surface area (Å²) in [7, 11) is 0. The molecule has 2 aromatic rings. The number of thiophene rings is 1. The maximum absolute atomic E-state index is 3.75. The maximum Gasteiger partial charge on any atom is 0.0660 e. The quantitative estimate of drug-likeness (QED) is 0.630. The second kappa shape index (κ2) is 6.06. The summed E-state index contributed by atoms with van der Waals surface area (Å²) in [5, 5.41) is 3.75. The third-order valence-electron chi connectivity index (χ3n) is 3.98. The van der Waals surface area contributed by atoms with Crippen molar-refractivity contribution in [2.45, 2.75) is 45.1 Å². The Balaban J connectivity index is 1.83.